The molecule has 1 aromatic rings. The second-order valence-corrected chi connectivity index (χ2v) is 8.15. The third-order valence-electron chi connectivity index (χ3n) is 5.15. The minimum atomic E-state index is -0.769. The molecule has 0 aliphatic heterocycles. The second-order valence-electron chi connectivity index (χ2n) is 8.15. The number of esters is 1. The van der Waals surface area contributed by atoms with Crippen molar-refractivity contribution in [3.63, 3.8) is 0 Å². The molecule has 0 heterocycles. The Bertz CT molecular complexity index is 783. The fourth-order valence-electron chi connectivity index (χ4n) is 3.39. The van der Waals surface area contributed by atoms with Crippen LogP contribution < -0.4 is 10.6 Å². The fourth-order valence-corrected chi connectivity index (χ4v) is 3.39. The number of rotatable bonds is 17. The molecule has 4 atom stereocenters. The van der Waals surface area contributed by atoms with Gasteiger partial charge in [0.15, 0.2) is 0 Å². The van der Waals surface area contributed by atoms with E-state index in [2.05, 4.69) is 23.8 Å². The van der Waals surface area contributed by atoms with Crippen molar-refractivity contribution in [1.29, 1.82) is 0 Å². The maximum absolute atomic E-state index is 13.1. The molecule has 0 saturated carbocycles. The van der Waals surface area contributed by atoms with Gasteiger partial charge in [0.25, 0.3) is 0 Å². The van der Waals surface area contributed by atoms with Crippen molar-refractivity contribution < 1.29 is 29.0 Å². The standard InChI is InChI=1S/C26H38N2O6/c1-5-7-9-15-24(31)34-25(20-13-10-8-11-14-20)22(18-33-4)28-26(32)21(12-6-2)16-23(30)27-19(3)17-29/h5-6,8,10-11,13-14,19,21-22,25,29H,1-2,7,9,12,15-18H2,3-4H3,(H,27,30)(H,28,32)/t19-,21+,22-,25-/m0/s1. The third-order valence-corrected chi connectivity index (χ3v) is 5.15. The summed E-state index contributed by atoms with van der Waals surface area (Å²) in [6, 6.07) is 8.06. The molecule has 0 aromatic heterocycles. The summed E-state index contributed by atoms with van der Waals surface area (Å²) in [5.41, 5.74) is 0.719. The number of ether oxygens (including phenoxy) is 2. The zero-order valence-electron chi connectivity index (χ0n) is 20.2. The minimum absolute atomic E-state index is 0.0702. The van der Waals surface area contributed by atoms with Gasteiger partial charge in [-0.15, -0.1) is 13.2 Å². The summed E-state index contributed by atoms with van der Waals surface area (Å²) < 4.78 is 11.1. The van der Waals surface area contributed by atoms with E-state index in [0.29, 0.717) is 12.8 Å². The Morgan fingerprint density at radius 1 is 1.12 bits per heavy atom. The normalized spacial score (nSPS) is 14.2. The van der Waals surface area contributed by atoms with E-state index < -0.39 is 24.1 Å². The lowest BCUT2D eigenvalue weighted by atomic mass is 9.97. The lowest BCUT2D eigenvalue weighted by Gasteiger charge is -2.29. The fraction of sp³-hybridized carbons (Fsp3) is 0.500. The first-order chi connectivity index (χ1) is 16.4. The van der Waals surface area contributed by atoms with Crippen LogP contribution >= 0.6 is 0 Å². The van der Waals surface area contributed by atoms with Crippen molar-refractivity contribution in [2.75, 3.05) is 20.3 Å². The highest BCUT2D eigenvalue weighted by Crippen LogP contribution is 2.24. The summed E-state index contributed by atoms with van der Waals surface area (Å²) in [4.78, 5) is 38.0. The molecule has 188 valence electrons. The smallest absolute Gasteiger partial charge is 0.306 e. The van der Waals surface area contributed by atoms with Crippen LogP contribution in [0, 0.1) is 5.92 Å². The predicted molar refractivity (Wildman–Crippen MR) is 131 cm³/mol. The van der Waals surface area contributed by atoms with Gasteiger partial charge in [0.1, 0.15) is 6.10 Å². The maximum Gasteiger partial charge on any atom is 0.306 e. The van der Waals surface area contributed by atoms with E-state index in [9.17, 15) is 14.4 Å². The largest absolute Gasteiger partial charge is 0.455 e. The Kier molecular flexibility index (Phi) is 14.2. The minimum Gasteiger partial charge on any atom is -0.455 e. The summed E-state index contributed by atoms with van der Waals surface area (Å²) >= 11 is 0. The average Bonchev–Trinajstić information content (AvgIpc) is 2.82. The molecule has 34 heavy (non-hydrogen) atoms. The molecular formula is C26H38N2O6. The molecule has 2 amide bonds. The lowest BCUT2D eigenvalue weighted by Crippen LogP contribution is -2.47. The monoisotopic (exact) mass is 474 g/mol. The van der Waals surface area contributed by atoms with Gasteiger partial charge >= 0.3 is 5.97 Å². The van der Waals surface area contributed by atoms with Crippen molar-refractivity contribution >= 4 is 17.8 Å². The van der Waals surface area contributed by atoms with Crippen LogP contribution in [0.3, 0.4) is 0 Å². The van der Waals surface area contributed by atoms with Crippen LogP contribution in [0.15, 0.2) is 55.6 Å². The Hall–Kier alpha value is -2.97. The van der Waals surface area contributed by atoms with Crippen molar-refractivity contribution in [3.05, 3.63) is 61.2 Å². The summed E-state index contributed by atoms with van der Waals surface area (Å²) in [5.74, 6) is -1.79. The van der Waals surface area contributed by atoms with Gasteiger partial charge in [-0.3, -0.25) is 14.4 Å². The van der Waals surface area contributed by atoms with Gasteiger partial charge in [-0.05, 0) is 31.7 Å². The van der Waals surface area contributed by atoms with Gasteiger partial charge in [-0.25, -0.2) is 0 Å². The Morgan fingerprint density at radius 3 is 2.41 bits per heavy atom. The zero-order valence-corrected chi connectivity index (χ0v) is 20.2. The van der Waals surface area contributed by atoms with E-state index in [1.807, 2.05) is 30.3 Å². The van der Waals surface area contributed by atoms with Crippen LogP contribution in [-0.2, 0) is 23.9 Å². The number of aliphatic hydroxyl groups is 1. The van der Waals surface area contributed by atoms with Crippen LogP contribution in [0.5, 0.6) is 0 Å². The highest BCUT2D eigenvalue weighted by atomic mass is 16.5. The van der Waals surface area contributed by atoms with Gasteiger partial charge in [-0.2, -0.15) is 0 Å². The van der Waals surface area contributed by atoms with E-state index in [4.69, 9.17) is 14.6 Å². The number of allylic oxidation sites excluding steroid dienone is 2. The summed E-state index contributed by atoms with van der Waals surface area (Å²) in [6.45, 7) is 8.92. The summed E-state index contributed by atoms with van der Waals surface area (Å²) in [6.07, 6.45) is 4.31. The van der Waals surface area contributed by atoms with Gasteiger partial charge in [0.2, 0.25) is 11.8 Å². The number of methoxy groups -OCH3 is 1. The third kappa shape index (κ3) is 10.8. The average molecular weight is 475 g/mol. The predicted octanol–water partition coefficient (Wildman–Crippen LogP) is 2.84. The number of carbonyl (C=O) groups excluding carboxylic acids is 3. The van der Waals surface area contributed by atoms with Crippen molar-refractivity contribution in [3.8, 4) is 0 Å². The molecule has 1 rings (SSSR count). The number of amides is 2. The quantitative estimate of drug-likeness (QED) is 0.182. The van der Waals surface area contributed by atoms with Crippen molar-refractivity contribution in [1.82, 2.24) is 10.6 Å². The molecular weight excluding hydrogens is 436 g/mol. The Balaban J connectivity index is 3.05. The molecule has 8 heteroatoms. The van der Waals surface area contributed by atoms with E-state index in [-0.39, 0.29) is 50.3 Å². The van der Waals surface area contributed by atoms with Gasteiger partial charge in [0.05, 0.1) is 25.2 Å². The molecule has 0 spiro atoms. The first kappa shape index (κ1) is 29.1. The number of hydrogen-bond acceptors (Lipinski definition) is 6. The molecule has 1 aromatic carbocycles. The topological polar surface area (TPSA) is 114 Å². The SMILES string of the molecule is C=CCCCC(=O)O[C@@H](c1ccccc1)[C@H](COC)NC(=O)[C@H](CC=C)CC(=O)N[C@@H](C)CO. The second kappa shape index (κ2) is 16.6. The number of benzene rings is 1. The van der Waals surface area contributed by atoms with Crippen LogP contribution in [0.25, 0.3) is 0 Å². The van der Waals surface area contributed by atoms with E-state index >= 15 is 0 Å². The zero-order chi connectivity index (χ0) is 25.3. The molecule has 3 N–H and O–H groups in total. The highest BCUT2D eigenvalue weighted by molar-refractivity contribution is 5.86. The van der Waals surface area contributed by atoms with Crippen molar-refractivity contribution in [2.45, 2.75) is 57.2 Å². The van der Waals surface area contributed by atoms with Crippen LogP contribution in [0.2, 0.25) is 0 Å². The maximum atomic E-state index is 13.1. The number of aliphatic hydroxyl groups excluding tert-OH is 1. The molecule has 0 radical (unpaired) electrons. The number of hydrogen-bond donors (Lipinski definition) is 3. The van der Waals surface area contributed by atoms with Crippen molar-refractivity contribution in [2.24, 2.45) is 5.92 Å². The van der Waals surface area contributed by atoms with Gasteiger partial charge < -0.3 is 25.2 Å². The van der Waals surface area contributed by atoms with Crippen LogP contribution in [0.1, 0.15) is 50.7 Å². The molecule has 8 nitrogen and oxygen atoms in total. The van der Waals surface area contributed by atoms with Crippen LogP contribution in [-0.4, -0.2) is 55.3 Å². The first-order valence-electron chi connectivity index (χ1n) is 11.5. The molecule has 0 bridgehead atoms. The number of carbonyl (C=O) groups is 3. The molecule has 0 saturated heterocycles. The summed E-state index contributed by atoms with van der Waals surface area (Å²) in [7, 11) is 1.50. The van der Waals surface area contributed by atoms with E-state index in [1.54, 1.807) is 19.1 Å². The summed E-state index contributed by atoms with van der Waals surface area (Å²) in [5, 5.41) is 14.7. The molecule has 0 unspecified atom stereocenters. The Morgan fingerprint density at radius 2 is 1.82 bits per heavy atom. The number of unbranched alkanes of at least 4 members (excludes halogenated alkanes) is 1. The van der Waals surface area contributed by atoms with E-state index in [0.717, 1.165) is 5.56 Å². The Labute approximate surface area is 202 Å². The lowest BCUT2D eigenvalue weighted by molar-refractivity contribution is -0.153. The highest BCUT2D eigenvalue weighted by Gasteiger charge is 2.31. The van der Waals surface area contributed by atoms with Crippen LogP contribution in [0.4, 0.5) is 0 Å². The van der Waals surface area contributed by atoms with Gasteiger partial charge in [-0.1, -0.05) is 42.5 Å². The molecule has 0 aliphatic rings. The van der Waals surface area contributed by atoms with E-state index in [1.165, 1.54) is 7.11 Å². The number of nitrogens with one attached hydrogen (secondary N) is 2. The van der Waals surface area contributed by atoms with Gasteiger partial charge in [0, 0.05) is 26.0 Å². The first-order valence-corrected chi connectivity index (χ1v) is 11.5. The molecule has 0 fully saturated rings. The molecule has 0 aliphatic carbocycles.